The van der Waals surface area contributed by atoms with E-state index in [9.17, 15) is 4.79 Å². The third kappa shape index (κ3) is 8.16. The lowest BCUT2D eigenvalue weighted by Gasteiger charge is -2.22. The number of hydrogen-bond acceptors (Lipinski definition) is 3. The van der Waals surface area contributed by atoms with E-state index in [1.165, 1.54) is 0 Å². The Morgan fingerprint density at radius 2 is 1.88 bits per heavy atom. The molecular formula is C13H29N3O. The van der Waals surface area contributed by atoms with Gasteiger partial charge in [-0.2, -0.15) is 0 Å². The largest absolute Gasteiger partial charge is 0.355 e. The van der Waals surface area contributed by atoms with E-state index < -0.39 is 0 Å². The lowest BCUT2D eigenvalue weighted by Crippen LogP contribution is -2.45. The molecule has 0 saturated carbocycles. The van der Waals surface area contributed by atoms with Gasteiger partial charge in [0, 0.05) is 25.7 Å². The van der Waals surface area contributed by atoms with E-state index in [0.717, 1.165) is 32.5 Å². The first-order chi connectivity index (χ1) is 7.99. The van der Waals surface area contributed by atoms with Crippen LogP contribution in [0.5, 0.6) is 0 Å². The average molecular weight is 243 g/mol. The molecule has 0 radical (unpaired) electrons. The van der Waals surface area contributed by atoms with Gasteiger partial charge in [-0.15, -0.1) is 0 Å². The van der Waals surface area contributed by atoms with E-state index in [2.05, 4.69) is 43.4 Å². The van der Waals surface area contributed by atoms with Crippen LogP contribution in [0.4, 0.5) is 0 Å². The monoisotopic (exact) mass is 243 g/mol. The molecule has 0 fully saturated rings. The number of carbonyl (C=O) groups excluding carboxylic acids is 1. The van der Waals surface area contributed by atoms with Crippen LogP contribution in [0.15, 0.2) is 0 Å². The van der Waals surface area contributed by atoms with Crippen LogP contribution in [0.25, 0.3) is 0 Å². The summed E-state index contributed by atoms with van der Waals surface area (Å²) in [5.74, 6) is 0.102. The van der Waals surface area contributed by atoms with E-state index in [1.54, 1.807) is 0 Å². The lowest BCUT2D eigenvalue weighted by molar-refractivity contribution is -0.122. The molecule has 0 heterocycles. The molecular weight excluding hydrogens is 214 g/mol. The minimum absolute atomic E-state index is 0.102. The molecule has 0 aliphatic carbocycles. The predicted molar refractivity (Wildman–Crippen MR) is 73.1 cm³/mol. The lowest BCUT2D eigenvalue weighted by atomic mass is 10.3. The summed E-state index contributed by atoms with van der Waals surface area (Å²) in [6, 6.07) is 0.443. The van der Waals surface area contributed by atoms with Gasteiger partial charge in [0.05, 0.1) is 6.04 Å². The fourth-order valence-electron chi connectivity index (χ4n) is 1.35. The summed E-state index contributed by atoms with van der Waals surface area (Å²) in [6.07, 6.45) is 2.16. The summed E-state index contributed by atoms with van der Waals surface area (Å²) in [4.78, 5) is 13.9. The first-order valence-electron chi connectivity index (χ1n) is 6.70. The van der Waals surface area contributed by atoms with Crippen molar-refractivity contribution in [2.75, 3.05) is 26.7 Å². The number of nitrogens with one attached hydrogen (secondary N) is 2. The summed E-state index contributed by atoms with van der Waals surface area (Å²) in [5.41, 5.74) is 0. The summed E-state index contributed by atoms with van der Waals surface area (Å²) in [6.45, 7) is 11.0. The van der Waals surface area contributed by atoms with Crippen LogP contribution in [0.3, 0.4) is 0 Å². The zero-order chi connectivity index (χ0) is 13.3. The Kier molecular flexibility index (Phi) is 9.09. The number of carbonyl (C=O) groups is 1. The van der Waals surface area contributed by atoms with Crippen molar-refractivity contribution in [3.63, 3.8) is 0 Å². The van der Waals surface area contributed by atoms with E-state index in [1.807, 2.05) is 6.92 Å². The first-order valence-corrected chi connectivity index (χ1v) is 6.70. The van der Waals surface area contributed by atoms with Crippen molar-refractivity contribution in [3.05, 3.63) is 0 Å². The highest BCUT2D eigenvalue weighted by atomic mass is 16.2. The van der Waals surface area contributed by atoms with Gasteiger partial charge in [-0.25, -0.2) is 0 Å². The molecule has 17 heavy (non-hydrogen) atoms. The second kappa shape index (κ2) is 9.42. The molecule has 102 valence electrons. The number of likely N-dealkylation sites (N-methyl/N-ethyl adjacent to an activating group) is 1. The maximum atomic E-state index is 11.6. The molecule has 0 aliphatic heterocycles. The van der Waals surface area contributed by atoms with E-state index in [0.29, 0.717) is 6.04 Å². The third-order valence-electron chi connectivity index (χ3n) is 3.02. The Bertz CT molecular complexity index is 207. The van der Waals surface area contributed by atoms with Crippen molar-refractivity contribution in [1.29, 1.82) is 0 Å². The van der Waals surface area contributed by atoms with Crippen LogP contribution in [0, 0.1) is 0 Å². The topological polar surface area (TPSA) is 44.4 Å². The molecule has 0 aromatic heterocycles. The fourth-order valence-corrected chi connectivity index (χ4v) is 1.35. The molecule has 2 N–H and O–H groups in total. The van der Waals surface area contributed by atoms with Crippen LogP contribution < -0.4 is 10.6 Å². The molecule has 0 saturated heterocycles. The van der Waals surface area contributed by atoms with Crippen molar-refractivity contribution in [3.8, 4) is 0 Å². The van der Waals surface area contributed by atoms with Gasteiger partial charge in [0.2, 0.25) is 5.91 Å². The molecule has 4 heteroatoms. The maximum absolute atomic E-state index is 11.6. The quantitative estimate of drug-likeness (QED) is 0.599. The molecule has 0 aromatic rings. The molecule has 1 amide bonds. The van der Waals surface area contributed by atoms with Gasteiger partial charge in [-0.05, 0) is 34.2 Å². The van der Waals surface area contributed by atoms with Crippen LogP contribution >= 0.6 is 0 Å². The molecule has 0 rings (SSSR count). The standard InChI is InChI=1S/C13H29N3O/c1-6-7-8-15-13(17)12(4)14-9-10-16(5)11(2)3/h11-12,14H,6-10H2,1-5H3,(H,15,17). The fraction of sp³-hybridized carbons (Fsp3) is 0.923. The number of unbranched alkanes of at least 4 members (excludes halogenated alkanes) is 1. The van der Waals surface area contributed by atoms with Crippen LogP contribution in [-0.2, 0) is 4.79 Å². The average Bonchev–Trinajstić information content (AvgIpc) is 2.28. The smallest absolute Gasteiger partial charge is 0.236 e. The summed E-state index contributed by atoms with van der Waals surface area (Å²) in [5, 5.41) is 6.17. The van der Waals surface area contributed by atoms with Crippen LogP contribution in [-0.4, -0.2) is 49.6 Å². The molecule has 0 aliphatic rings. The highest BCUT2D eigenvalue weighted by molar-refractivity contribution is 5.81. The van der Waals surface area contributed by atoms with Gasteiger partial charge in [0.25, 0.3) is 0 Å². The van der Waals surface area contributed by atoms with Gasteiger partial charge in [0.15, 0.2) is 0 Å². The number of hydrogen-bond donors (Lipinski definition) is 2. The number of rotatable bonds is 9. The summed E-state index contributed by atoms with van der Waals surface area (Å²) in [7, 11) is 2.10. The Morgan fingerprint density at radius 1 is 1.24 bits per heavy atom. The molecule has 0 bridgehead atoms. The van der Waals surface area contributed by atoms with Crippen molar-refractivity contribution < 1.29 is 4.79 Å². The predicted octanol–water partition coefficient (Wildman–Crippen LogP) is 1.22. The Hall–Kier alpha value is -0.610. The SMILES string of the molecule is CCCCNC(=O)C(C)NCCN(C)C(C)C. The zero-order valence-electron chi connectivity index (χ0n) is 12.0. The Balaban J connectivity index is 3.63. The van der Waals surface area contributed by atoms with Crippen molar-refractivity contribution in [2.45, 2.75) is 52.6 Å². The van der Waals surface area contributed by atoms with E-state index in [-0.39, 0.29) is 11.9 Å². The van der Waals surface area contributed by atoms with E-state index in [4.69, 9.17) is 0 Å². The van der Waals surface area contributed by atoms with Gasteiger partial charge in [0.1, 0.15) is 0 Å². The third-order valence-corrected chi connectivity index (χ3v) is 3.02. The molecule has 4 nitrogen and oxygen atoms in total. The minimum atomic E-state index is -0.104. The van der Waals surface area contributed by atoms with Crippen molar-refractivity contribution in [2.24, 2.45) is 0 Å². The summed E-state index contributed by atoms with van der Waals surface area (Å²) < 4.78 is 0. The van der Waals surface area contributed by atoms with Crippen molar-refractivity contribution in [1.82, 2.24) is 15.5 Å². The first kappa shape index (κ1) is 16.4. The van der Waals surface area contributed by atoms with E-state index >= 15 is 0 Å². The van der Waals surface area contributed by atoms with Gasteiger partial charge < -0.3 is 15.5 Å². The Labute approximate surface area is 106 Å². The molecule has 0 aromatic carbocycles. The Morgan fingerprint density at radius 3 is 2.41 bits per heavy atom. The molecule has 1 atom stereocenters. The van der Waals surface area contributed by atoms with Gasteiger partial charge >= 0.3 is 0 Å². The second-order valence-electron chi connectivity index (χ2n) is 4.89. The summed E-state index contributed by atoms with van der Waals surface area (Å²) >= 11 is 0. The van der Waals surface area contributed by atoms with Crippen LogP contribution in [0.2, 0.25) is 0 Å². The highest BCUT2D eigenvalue weighted by Gasteiger charge is 2.11. The number of amides is 1. The normalized spacial score (nSPS) is 13.1. The highest BCUT2D eigenvalue weighted by Crippen LogP contribution is 1.92. The molecule has 0 spiro atoms. The van der Waals surface area contributed by atoms with Gasteiger partial charge in [-0.1, -0.05) is 13.3 Å². The minimum Gasteiger partial charge on any atom is -0.355 e. The molecule has 1 unspecified atom stereocenters. The second-order valence-corrected chi connectivity index (χ2v) is 4.89. The van der Waals surface area contributed by atoms with Crippen molar-refractivity contribution >= 4 is 5.91 Å². The number of nitrogens with zero attached hydrogens (tertiary/aromatic N) is 1. The maximum Gasteiger partial charge on any atom is 0.236 e. The van der Waals surface area contributed by atoms with Crippen LogP contribution in [0.1, 0.15) is 40.5 Å². The van der Waals surface area contributed by atoms with Gasteiger partial charge in [-0.3, -0.25) is 4.79 Å². The zero-order valence-corrected chi connectivity index (χ0v) is 12.0.